The Morgan fingerprint density at radius 3 is 2.13 bits per heavy atom. The number of amides is 1. The molecule has 38 heavy (non-hydrogen) atoms. The lowest BCUT2D eigenvalue weighted by molar-refractivity contribution is 0.0773. The van der Waals surface area contributed by atoms with Gasteiger partial charge in [-0.2, -0.15) is 0 Å². The number of carbonyl (C=O) groups excluding carboxylic acids is 1. The molecule has 0 saturated carbocycles. The third-order valence-corrected chi connectivity index (χ3v) is 6.67. The van der Waals surface area contributed by atoms with E-state index in [1.807, 2.05) is 67.3 Å². The van der Waals surface area contributed by atoms with Crippen LogP contribution in [0.25, 0.3) is 0 Å². The molecule has 0 spiro atoms. The number of hydrogen-bond donors (Lipinski definition) is 1. The minimum atomic E-state index is -0.145. The smallest absolute Gasteiger partial charge is 0.253 e. The van der Waals surface area contributed by atoms with Gasteiger partial charge in [0.25, 0.3) is 5.91 Å². The van der Waals surface area contributed by atoms with Crippen molar-refractivity contribution in [2.45, 2.75) is 52.7 Å². The van der Waals surface area contributed by atoms with Crippen LogP contribution in [-0.2, 0) is 13.0 Å². The Hall–Kier alpha value is -3.46. The summed E-state index contributed by atoms with van der Waals surface area (Å²) in [5.74, 6) is -0.0328. The second-order valence-electron chi connectivity index (χ2n) is 9.55. The van der Waals surface area contributed by atoms with Crippen LogP contribution < -0.4 is 5.32 Å². The van der Waals surface area contributed by atoms with Crippen LogP contribution in [0, 0.1) is 18.7 Å². The fraction of sp³-hybridized carbons (Fsp3) is 0.364. The minimum Gasteiger partial charge on any atom is -0.339 e. The lowest BCUT2D eigenvalue weighted by atomic mass is 10.0. The average molecular weight is 516 g/mol. The van der Waals surface area contributed by atoms with Crippen molar-refractivity contribution in [3.8, 4) is 12.8 Å². The molecule has 0 radical (unpaired) electrons. The fourth-order valence-electron chi connectivity index (χ4n) is 4.48. The molecule has 0 aromatic heterocycles. The predicted octanol–water partition coefficient (Wildman–Crippen LogP) is 6.02. The Balaban J connectivity index is 0.000000256. The van der Waals surface area contributed by atoms with Crippen LogP contribution in [-0.4, -0.2) is 54.0 Å². The van der Waals surface area contributed by atoms with Gasteiger partial charge in [0, 0.05) is 50.4 Å². The van der Waals surface area contributed by atoms with Gasteiger partial charge in [-0.1, -0.05) is 54.6 Å². The van der Waals surface area contributed by atoms with Crippen molar-refractivity contribution in [2.75, 3.05) is 26.2 Å². The maximum absolute atomic E-state index is 13.1. The molecule has 2 atom stereocenters. The highest BCUT2D eigenvalue weighted by molar-refractivity contribution is 5.94. The van der Waals surface area contributed by atoms with Crippen molar-refractivity contribution in [3.63, 3.8) is 0 Å². The number of carbonyl (C=O) groups is 1. The summed E-state index contributed by atoms with van der Waals surface area (Å²) in [7, 11) is 0. The van der Waals surface area contributed by atoms with Gasteiger partial charge in [0.1, 0.15) is 5.82 Å². The van der Waals surface area contributed by atoms with Crippen molar-refractivity contribution in [1.29, 1.82) is 0 Å². The van der Waals surface area contributed by atoms with Gasteiger partial charge in [-0.05, 0) is 75.1 Å². The molecule has 0 aliphatic carbocycles. The van der Waals surface area contributed by atoms with Gasteiger partial charge in [-0.25, -0.2) is 4.39 Å². The number of hydrogen-bond acceptors (Lipinski definition) is 3. The number of benzene rings is 3. The molecule has 1 aliphatic rings. The molecule has 4 rings (SSSR count). The number of nitrogens with one attached hydrogen (secondary N) is 1. The van der Waals surface area contributed by atoms with Gasteiger partial charge in [-0.3, -0.25) is 9.69 Å². The Kier molecular flexibility index (Phi) is 13.3. The average Bonchev–Trinajstić information content (AvgIpc) is 2.94. The SMILES string of the molecule is C#C.CCN(CC)C(=O)c1ccc(Cc2ccccc2)cc1.C[C@@H]1CN[C@@H](C)CN1Cc1cccc(F)c1. The van der Waals surface area contributed by atoms with E-state index >= 15 is 0 Å². The van der Waals surface area contributed by atoms with Crippen LogP contribution in [0.2, 0.25) is 0 Å². The third kappa shape index (κ3) is 9.78. The summed E-state index contributed by atoms with van der Waals surface area (Å²) < 4.78 is 13.1. The Morgan fingerprint density at radius 1 is 0.921 bits per heavy atom. The van der Waals surface area contributed by atoms with Crippen LogP contribution in [0.3, 0.4) is 0 Å². The van der Waals surface area contributed by atoms with Gasteiger partial charge in [0.2, 0.25) is 0 Å². The van der Waals surface area contributed by atoms with E-state index in [2.05, 4.69) is 49.0 Å². The Labute approximate surface area is 228 Å². The zero-order chi connectivity index (χ0) is 27.9. The summed E-state index contributed by atoms with van der Waals surface area (Å²) >= 11 is 0. The second-order valence-corrected chi connectivity index (χ2v) is 9.55. The number of nitrogens with zero attached hydrogens (tertiary/aromatic N) is 2. The molecule has 202 valence electrons. The first kappa shape index (κ1) is 30.8. The summed E-state index contributed by atoms with van der Waals surface area (Å²) in [6, 6.07) is 26.2. The quantitative estimate of drug-likeness (QED) is 0.391. The number of halogens is 1. The van der Waals surface area contributed by atoms with Crippen LogP contribution in [0.1, 0.15) is 54.7 Å². The summed E-state index contributed by atoms with van der Waals surface area (Å²) in [6.45, 7) is 12.8. The van der Waals surface area contributed by atoms with E-state index in [0.717, 1.165) is 50.3 Å². The summed E-state index contributed by atoms with van der Waals surface area (Å²) in [4.78, 5) is 16.4. The highest BCUT2D eigenvalue weighted by atomic mass is 19.1. The first-order chi connectivity index (χ1) is 18.4. The molecule has 1 aliphatic heterocycles. The molecule has 5 heteroatoms. The van der Waals surface area contributed by atoms with Crippen molar-refractivity contribution in [3.05, 3.63) is 107 Å². The van der Waals surface area contributed by atoms with Crippen LogP contribution in [0.5, 0.6) is 0 Å². The van der Waals surface area contributed by atoms with E-state index in [0.29, 0.717) is 12.1 Å². The van der Waals surface area contributed by atoms with Crippen molar-refractivity contribution >= 4 is 5.91 Å². The fourth-order valence-corrected chi connectivity index (χ4v) is 4.48. The lowest BCUT2D eigenvalue weighted by Crippen LogP contribution is -2.53. The summed E-state index contributed by atoms with van der Waals surface area (Å²) in [5.41, 5.74) is 4.34. The molecule has 1 fully saturated rings. The van der Waals surface area contributed by atoms with E-state index in [-0.39, 0.29) is 11.7 Å². The van der Waals surface area contributed by atoms with E-state index in [1.54, 1.807) is 12.1 Å². The molecular weight excluding hydrogens is 473 g/mol. The molecule has 0 bridgehead atoms. The van der Waals surface area contributed by atoms with Crippen molar-refractivity contribution < 1.29 is 9.18 Å². The van der Waals surface area contributed by atoms with Gasteiger partial charge >= 0.3 is 0 Å². The van der Waals surface area contributed by atoms with Crippen LogP contribution in [0.4, 0.5) is 4.39 Å². The third-order valence-electron chi connectivity index (χ3n) is 6.67. The normalized spacial score (nSPS) is 16.8. The summed E-state index contributed by atoms with van der Waals surface area (Å²) in [5, 5.41) is 3.44. The minimum absolute atomic E-state index is 0.112. The zero-order valence-electron chi connectivity index (χ0n) is 23.2. The highest BCUT2D eigenvalue weighted by Gasteiger charge is 2.22. The van der Waals surface area contributed by atoms with Gasteiger partial charge in [-0.15, -0.1) is 12.8 Å². The summed E-state index contributed by atoms with van der Waals surface area (Å²) in [6.07, 6.45) is 8.90. The second kappa shape index (κ2) is 16.4. The van der Waals surface area contributed by atoms with E-state index in [9.17, 15) is 9.18 Å². The monoisotopic (exact) mass is 515 g/mol. The molecule has 0 unspecified atom stereocenters. The maximum Gasteiger partial charge on any atom is 0.253 e. The van der Waals surface area contributed by atoms with E-state index < -0.39 is 0 Å². The molecule has 1 heterocycles. The van der Waals surface area contributed by atoms with Crippen molar-refractivity contribution in [2.24, 2.45) is 0 Å². The predicted molar refractivity (Wildman–Crippen MR) is 157 cm³/mol. The highest BCUT2D eigenvalue weighted by Crippen LogP contribution is 2.14. The Morgan fingerprint density at radius 2 is 1.53 bits per heavy atom. The van der Waals surface area contributed by atoms with E-state index in [1.165, 1.54) is 17.2 Å². The lowest BCUT2D eigenvalue weighted by Gasteiger charge is -2.37. The molecule has 3 aromatic carbocycles. The molecule has 1 N–H and O–H groups in total. The van der Waals surface area contributed by atoms with Gasteiger partial charge < -0.3 is 10.2 Å². The van der Waals surface area contributed by atoms with Gasteiger partial charge in [0.05, 0.1) is 0 Å². The molecule has 1 saturated heterocycles. The van der Waals surface area contributed by atoms with Gasteiger partial charge in [0.15, 0.2) is 0 Å². The largest absolute Gasteiger partial charge is 0.339 e. The first-order valence-electron chi connectivity index (χ1n) is 13.4. The molecule has 3 aromatic rings. The zero-order valence-corrected chi connectivity index (χ0v) is 23.2. The van der Waals surface area contributed by atoms with Crippen LogP contribution in [0.15, 0.2) is 78.9 Å². The standard InChI is InChI=1S/C18H21NO.C13H19FN2.C2H2/c1-3-19(4-2)18(20)17-12-10-16(11-13-17)14-15-8-6-5-7-9-15;1-10-8-16(11(2)7-15-10)9-12-4-3-5-13(14)6-12;1-2/h5-13H,3-4,14H2,1-2H3;3-6,10-11,15H,7-9H2,1-2H3;1-2H/t;10-,11+;/m.0./s1. The number of terminal acetylenes is 1. The molecule has 1 amide bonds. The topological polar surface area (TPSA) is 35.6 Å². The van der Waals surface area contributed by atoms with E-state index in [4.69, 9.17) is 0 Å². The van der Waals surface area contributed by atoms with Crippen molar-refractivity contribution in [1.82, 2.24) is 15.1 Å². The van der Waals surface area contributed by atoms with Crippen LogP contribution >= 0.6 is 0 Å². The number of rotatable bonds is 7. The molecular formula is C33H42FN3O. The maximum atomic E-state index is 13.1. The molecule has 4 nitrogen and oxygen atoms in total. The first-order valence-corrected chi connectivity index (χ1v) is 13.4. The number of piperazine rings is 1. The Bertz CT molecular complexity index is 1110.